The van der Waals surface area contributed by atoms with Crippen LogP contribution in [0.2, 0.25) is 0 Å². The van der Waals surface area contributed by atoms with Gasteiger partial charge in [0, 0.05) is 25.2 Å². The number of aromatic nitrogens is 1. The van der Waals surface area contributed by atoms with Crippen LogP contribution in [-0.4, -0.2) is 75.4 Å². The Balaban J connectivity index is 1.81. The zero-order chi connectivity index (χ0) is 31.4. The molecule has 13 heteroatoms. The number of amides is 3. The fourth-order valence-corrected chi connectivity index (χ4v) is 5.21. The Morgan fingerprint density at radius 1 is 1.00 bits per heavy atom. The molecule has 3 amide bonds. The number of nitrogen functional groups attached to an aromatic ring is 1. The number of guanidine groups is 1. The van der Waals surface area contributed by atoms with Crippen LogP contribution in [0.25, 0.3) is 0 Å². The van der Waals surface area contributed by atoms with Crippen LogP contribution in [0, 0.1) is 0 Å². The van der Waals surface area contributed by atoms with Gasteiger partial charge in [-0.05, 0) is 50.3 Å². The van der Waals surface area contributed by atoms with Gasteiger partial charge < -0.3 is 37.8 Å². The van der Waals surface area contributed by atoms with Crippen molar-refractivity contribution in [3.8, 4) is 0 Å². The van der Waals surface area contributed by atoms with Crippen LogP contribution in [0.15, 0.2) is 53.7 Å². The van der Waals surface area contributed by atoms with Gasteiger partial charge in [0.2, 0.25) is 11.8 Å². The number of nitrogens with zero attached hydrogens (tertiary/aromatic N) is 3. The minimum absolute atomic E-state index is 0.0621. The number of hydrogen-bond acceptors (Lipinski definition) is 7. The summed E-state index contributed by atoms with van der Waals surface area (Å²) in [4.78, 5) is 62.3. The summed E-state index contributed by atoms with van der Waals surface area (Å²) in [6, 6.07) is 8.60. The topological polar surface area (TPSA) is 219 Å². The van der Waals surface area contributed by atoms with Crippen LogP contribution in [0.4, 0.5) is 5.82 Å². The van der Waals surface area contributed by atoms with E-state index in [0.29, 0.717) is 12.0 Å². The van der Waals surface area contributed by atoms with Crippen LogP contribution >= 0.6 is 0 Å². The van der Waals surface area contributed by atoms with Crippen molar-refractivity contribution in [1.82, 2.24) is 20.5 Å². The Bertz CT molecular complexity index is 1260. The maximum absolute atomic E-state index is 13.7. The predicted octanol–water partition coefficient (Wildman–Crippen LogP) is 1.18. The van der Waals surface area contributed by atoms with Gasteiger partial charge in [0.05, 0.1) is 5.56 Å². The maximum atomic E-state index is 13.7. The normalized spacial score (nSPS) is 15.4. The van der Waals surface area contributed by atoms with Gasteiger partial charge in [-0.15, -0.1) is 0 Å². The molecule has 1 saturated carbocycles. The monoisotopic (exact) mass is 594 g/mol. The van der Waals surface area contributed by atoms with E-state index in [-0.39, 0.29) is 43.1 Å². The summed E-state index contributed by atoms with van der Waals surface area (Å²) in [7, 11) is 0. The average Bonchev–Trinajstić information content (AvgIpc) is 2.99. The van der Waals surface area contributed by atoms with Crippen molar-refractivity contribution >= 4 is 35.5 Å². The van der Waals surface area contributed by atoms with Crippen LogP contribution in [0.3, 0.4) is 0 Å². The van der Waals surface area contributed by atoms with Gasteiger partial charge in [-0.25, -0.2) is 9.78 Å². The average molecular weight is 595 g/mol. The minimum atomic E-state index is -1.22. The summed E-state index contributed by atoms with van der Waals surface area (Å²) in [5.41, 5.74) is 17.6. The fraction of sp³-hybridized carbons (Fsp3) is 0.467. The number of aliphatic carboxylic acids is 1. The second-order valence-corrected chi connectivity index (χ2v) is 10.8. The van der Waals surface area contributed by atoms with Gasteiger partial charge >= 0.3 is 5.97 Å². The Morgan fingerprint density at radius 3 is 2.28 bits per heavy atom. The number of carbonyl (C=O) groups excluding carboxylic acids is 3. The summed E-state index contributed by atoms with van der Waals surface area (Å²) >= 11 is 0. The Labute approximate surface area is 251 Å². The van der Waals surface area contributed by atoms with E-state index in [9.17, 15) is 24.3 Å². The van der Waals surface area contributed by atoms with Crippen molar-refractivity contribution in [2.75, 3.05) is 12.3 Å². The number of carboxylic acids is 1. The fourth-order valence-electron chi connectivity index (χ4n) is 5.21. The van der Waals surface area contributed by atoms with Gasteiger partial charge in [0.1, 0.15) is 23.9 Å². The number of carboxylic acid groups (broad SMARTS) is 1. The van der Waals surface area contributed by atoms with Crippen LogP contribution in [-0.2, 0) is 20.8 Å². The van der Waals surface area contributed by atoms with Crippen molar-refractivity contribution in [2.24, 2.45) is 16.5 Å². The van der Waals surface area contributed by atoms with Crippen LogP contribution in [0.1, 0.15) is 67.8 Å². The largest absolute Gasteiger partial charge is 0.480 e. The number of benzene rings is 1. The van der Waals surface area contributed by atoms with E-state index in [1.54, 1.807) is 42.2 Å². The number of hydrogen-bond donors (Lipinski definition) is 6. The van der Waals surface area contributed by atoms with Gasteiger partial charge in [-0.2, -0.15) is 0 Å². The number of nitrogens with two attached hydrogens (primary N) is 3. The maximum Gasteiger partial charge on any atom is 0.326 e. The number of aliphatic imine (C=N–C) groups is 1. The smallest absolute Gasteiger partial charge is 0.326 e. The lowest BCUT2D eigenvalue weighted by atomic mass is 9.92. The summed E-state index contributed by atoms with van der Waals surface area (Å²) in [6.45, 7) is 1.83. The van der Waals surface area contributed by atoms with E-state index in [4.69, 9.17) is 17.2 Å². The van der Waals surface area contributed by atoms with E-state index < -0.39 is 35.9 Å². The first-order chi connectivity index (χ1) is 20.6. The Kier molecular flexibility index (Phi) is 12.3. The van der Waals surface area contributed by atoms with Crippen LogP contribution in [0.5, 0.6) is 0 Å². The summed E-state index contributed by atoms with van der Waals surface area (Å²) in [5, 5.41) is 15.1. The predicted molar refractivity (Wildman–Crippen MR) is 163 cm³/mol. The molecule has 2 aromatic rings. The lowest BCUT2D eigenvalue weighted by Crippen LogP contribution is -2.58. The highest BCUT2D eigenvalue weighted by atomic mass is 16.4. The molecule has 3 rings (SSSR count). The first-order valence-corrected chi connectivity index (χ1v) is 14.5. The SMILES string of the molecule is C[C@@H](C(=O)N[C@@H](CCCN=C(N)N)C(=O)N[C@@H](Cc1ccccc1)C(=O)O)N(C(=O)c1ccc(N)nc1)C1CCCCC1. The van der Waals surface area contributed by atoms with Crippen molar-refractivity contribution in [3.05, 3.63) is 59.8 Å². The van der Waals surface area contributed by atoms with Crippen LogP contribution < -0.4 is 27.8 Å². The molecule has 3 atom stereocenters. The van der Waals surface area contributed by atoms with E-state index in [0.717, 1.165) is 37.7 Å². The number of rotatable bonds is 14. The highest BCUT2D eigenvalue weighted by Crippen LogP contribution is 2.26. The molecule has 232 valence electrons. The van der Waals surface area contributed by atoms with E-state index in [1.807, 2.05) is 6.07 Å². The van der Waals surface area contributed by atoms with Gasteiger partial charge in [0.25, 0.3) is 5.91 Å². The van der Waals surface area contributed by atoms with Crippen molar-refractivity contribution in [3.63, 3.8) is 0 Å². The quantitative estimate of drug-likeness (QED) is 0.105. The molecule has 13 nitrogen and oxygen atoms in total. The van der Waals surface area contributed by atoms with Gasteiger partial charge in [-0.3, -0.25) is 19.4 Å². The molecule has 1 heterocycles. The molecule has 0 spiro atoms. The molecule has 1 fully saturated rings. The standard InChI is InChI=1S/C30H42N8O5/c1-19(38(22-11-6-3-7-12-22)28(41)21-14-15-25(31)35-18-21)26(39)36-23(13-8-16-34-30(32)33)27(40)37-24(29(42)43)17-20-9-4-2-5-10-20/h2,4-5,9-10,14-15,18-19,22-24H,3,6-8,11-13,16-17H2,1H3,(H2,31,35)(H,36,39)(H,37,40)(H,42,43)(H4,32,33,34)/t19-,23-,24-/m0/s1. The number of carbonyl (C=O) groups is 4. The molecular weight excluding hydrogens is 552 g/mol. The zero-order valence-corrected chi connectivity index (χ0v) is 24.4. The molecule has 0 radical (unpaired) electrons. The Morgan fingerprint density at radius 2 is 1.67 bits per heavy atom. The Hall–Kier alpha value is -4.68. The zero-order valence-electron chi connectivity index (χ0n) is 24.4. The first-order valence-electron chi connectivity index (χ1n) is 14.5. The minimum Gasteiger partial charge on any atom is -0.480 e. The molecule has 9 N–H and O–H groups in total. The summed E-state index contributed by atoms with van der Waals surface area (Å²) in [6.07, 6.45) is 6.31. The molecule has 1 aliphatic rings. The molecule has 0 aliphatic heterocycles. The third-order valence-electron chi connectivity index (χ3n) is 7.51. The van der Waals surface area contributed by atoms with Crippen molar-refractivity contribution in [1.29, 1.82) is 0 Å². The van der Waals surface area contributed by atoms with E-state index in [1.165, 1.54) is 12.3 Å². The second kappa shape index (κ2) is 16.1. The number of nitrogens with one attached hydrogen (secondary N) is 2. The molecule has 0 bridgehead atoms. The van der Waals surface area contributed by atoms with Gasteiger partial charge in [-0.1, -0.05) is 49.6 Å². The van der Waals surface area contributed by atoms with Gasteiger partial charge in [0.15, 0.2) is 5.96 Å². The van der Waals surface area contributed by atoms with E-state index in [2.05, 4.69) is 20.6 Å². The van der Waals surface area contributed by atoms with E-state index >= 15 is 0 Å². The number of pyridine rings is 1. The molecule has 43 heavy (non-hydrogen) atoms. The third-order valence-corrected chi connectivity index (χ3v) is 7.51. The molecule has 1 aliphatic carbocycles. The third kappa shape index (κ3) is 9.97. The molecule has 0 unspecified atom stereocenters. The highest BCUT2D eigenvalue weighted by Gasteiger charge is 2.35. The van der Waals surface area contributed by atoms with Crippen molar-refractivity contribution < 1.29 is 24.3 Å². The number of anilines is 1. The molecule has 0 saturated heterocycles. The highest BCUT2D eigenvalue weighted by molar-refractivity contribution is 5.98. The summed E-state index contributed by atoms with van der Waals surface area (Å²) < 4.78 is 0. The van der Waals surface area contributed by atoms with Crippen molar-refractivity contribution in [2.45, 2.75) is 82.5 Å². The first kappa shape index (κ1) is 32.8. The molecule has 1 aromatic heterocycles. The summed E-state index contributed by atoms with van der Waals surface area (Å²) in [5.74, 6) is -2.60. The lowest BCUT2D eigenvalue weighted by Gasteiger charge is -2.38. The second-order valence-electron chi connectivity index (χ2n) is 10.8. The molecular formula is C30H42N8O5. The lowest BCUT2D eigenvalue weighted by molar-refractivity contribution is -0.142. The molecule has 1 aromatic carbocycles.